The summed E-state index contributed by atoms with van der Waals surface area (Å²) in [4.78, 5) is 20.9. The molecule has 0 atom stereocenters. The molecule has 0 saturated heterocycles. The highest BCUT2D eigenvalue weighted by molar-refractivity contribution is 6.03. The third-order valence-corrected chi connectivity index (χ3v) is 3.30. The summed E-state index contributed by atoms with van der Waals surface area (Å²) in [7, 11) is 1.63. The Bertz CT molecular complexity index is 656. The highest BCUT2D eigenvalue weighted by Crippen LogP contribution is 2.12. The van der Waals surface area contributed by atoms with E-state index in [-0.39, 0.29) is 5.91 Å². The van der Waals surface area contributed by atoms with Crippen molar-refractivity contribution >= 4 is 17.5 Å². The Balaban J connectivity index is 2.08. The first kappa shape index (κ1) is 16.9. The van der Waals surface area contributed by atoms with E-state index >= 15 is 0 Å². The van der Waals surface area contributed by atoms with Crippen LogP contribution in [0.4, 0.5) is 11.6 Å². The lowest BCUT2D eigenvalue weighted by atomic mass is 10.1. The molecule has 1 heterocycles. The highest BCUT2D eigenvalue weighted by Gasteiger charge is 2.11. The van der Waals surface area contributed by atoms with Crippen LogP contribution in [0.3, 0.4) is 0 Å². The van der Waals surface area contributed by atoms with Gasteiger partial charge in [-0.05, 0) is 37.1 Å². The molecular formula is C17H22N4O2. The maximum Gasteiger partial charge on any atom is 0.274 e. The Kier molecular flexibility index (Phi) is 6.05. The number of aryl methyl sites for hydroxylation is 2. The normalized spacial score (nSPS) is 10.4. The van der Waals surface area contributed by atoms with Crippen molar-refractivity contribution in [2.45, 2.75) is 20.3 Å². The Morgan fingerprint density at radius 3 is 2.61 bits per heavy atom. The first-order chi connectivity index (χ1) is 11.1. The van der Waals surface area contributed by atoms with Crippen LogP contribution in [-0.2, 0) is 11.2 Å². The van der Waals surface area contributed by atoms with Crippen LogP contribution in [0.1, 0.15) is 28.7 Å². The summed E-state index contributed by atoms with van der Waals surface area (Å²) in [5.74, 6) is 0.170. The fourth-order valence-corrected chi connectivity index (χ4v) is 2.05. The SMILES string of the molecule is CCc1ccc(NC(=O)c2cc(C)nc(NCCOC)n2)cc1. The number of nitrogens with zero attached hydrogens (tertiary/aromatic N) is 2. The molecular weight excluding hydrogens is 292 g/mol. The van der Waals surface area contributed by atoms with E-state index in [9.17, 15) is 4.79 Å². The first-order valence-corrected chi connectivity index (χ1v) is 7.61. The van der Waals surface area contributed by atoms with Gasteiger partial charge in [0.1, 0.15) is 5.69 Å². The van der Waals surface area contributed by atoms with E-state index < -0.39 is 0 Å². The van der Waals surface area contributed by atoms with E-state index in [0.29, 0.717) is 24.8 Å². The number of ether oxygens (including phenoxy) is 1. The minimum atomic E-state index is -0.255. The zero-order valence-electron chi connectivity index (χ0n) is 13.7. The van der Waals surface area contributed by atoms with E-state index in [2.05, 4.69) is 27.5 Å². The number of nitrogens with one attached hydrogen (secondary N) is 2. The van der Waals surface area contributed by atoms with Crippen LogP contribution in [0, 0.1) is 6.92 Å². The smallest absolute Gasteiger partial charge is 0.274 e. The molecule has 0 saturated carbocycles. The van der Waals surface area contributed by atoms with E-state index in [4.69, 9.17) is 4.74 Å². The number of hydrogen-bond acceptors (Lipinski definition) is 5. The van der Waals surface area contributed by atoms with Gasteiger partial charge in [0, 0.05) is 25.0 Å². The molecule has 2 aromatic rings. The number of aromatic nitrogens is 2. The van der Waals surface area contributed by atoms with Gasteiger partial charge >= 0.3 is 0 Å². The van der Waals surface area contributed by atoms with Crippen LogP contribution >= 0.6 is 0 Å². The minimum Gasteiger partial charge on any atom is -0.383 e. The number of hydrogen-bond donors (Lipinski definition) is 2. The minimum absolute atomic E-state index is 0.255. The van der Waals surface area contributed by atoms with Crippen LogP contribution in [0.2, 0.25) is 0 Å². The van der Waals surface area contributed by atoms with Crippen molar-refractivity contribution < 1.29 is 9.53 Å². The summed E-state index contributed by atoms with van der Waals surface area (Å²) in [6.45, 7) is 5.05. The molecule has 1 amide bonds. The summed E-state index contributed by atoms with van der Waals surface area (Å²) < 4.78 is 4.97. The quantitative estimate of drug-likeness (QED) is 0.768. The molecule has 2 rings (SSSR count). The van der Waals surface area contributed by atoms with Crippen molar-refractivity contribution in [3.63, 3.8) is 0 Å². The fourth-order valence-electron chi connectivity index (χ4n) is 2.05. The van der Waals surface area contributed by atoms with E-state index in [1.54, 1.807) is 13.2 Å². The third kappa shape index (κ3) is 5.03. The largest absolute Gasteiger partial charge is 0.383 e. The Labute approximate surface area is 136 Å². The van der Waals surface area contributed by atoms with Crippen LogP contribution in [-0.4, -0.2) is 36.1 Å². The van der Waals surface area contributed by atoms with Crippen LogP contribution in [0.25, 0.3) is 0 Å². The number of benzene rings is 1. The van der Waals surface area contributed by atoms with Gasteiger partial charge in [-0.2, -0.15) is 0 Å². The van der Waals surface area contributed by atoms with Gasteiger partial charge in [-0.1, -0.05) is 19.1 Å². The molecule has 122 valence electrons. The number of carbonyl (C=O) groups excluding carboxylic acids is 1. The standard InChI is InChI=1S/C17H22N4O2/c1-4-13-5-7-14(8-6-13)20-16(22)15-11-12(2)19-17(21-15)18-9-10-23-3/h5-8,11H,4,9-10H2,1-3H3,(H,20,22)(H,18,19,21). The molecule has 0 unspecified atom stereocenters. The molecule has 0 bridgehead atoms. The lowest BCUT2D eigenvalue weighted by Crippen LogP contribution is -2.17. The van der Waals surface area contributed by atoms with Crippen molar-refractivity contribution in [1.82, 2.24) is 9.97 Å². The lowest BCUT2D eigenvalue weighted by Gasteiger charge is -2.09. The Hall–Kier alpha value is -2.47. The van der Waals surface area contributed by atoms with E-state index in [1.807, 2.05) is 31.2 Å². The third-order valence-electron chi connectivity index (χ3n) is 3.30. The average Bonchev–Trinajstić information content (AvgIpc) is 2.55. The summed E-state index contributed by atoms with van der Waals surface area (Å²) >= 11 is 0. The maximum absolute atomic E-state index is 12.3. The van der Waals surface area contributed by atoms with Crippen molar-refractivity contribution in [1.29, 1.82) is 0 Å². The van der Waals surface area contributed by atoms with Gasteiger partial charge in [0.15, 0.2) is 0 Å². The van der Waals surface area contributed by atoms with E-state index in [1.165, 1.54) is 5.56 Å². The highest BCUT2D eigenvalue weighted by atomic mass is 16.5. The van der Waals surface area contributed by atoms with Gasteiger partial charge in [0.05, 0.1) is 6.61 Å². The molecule has 0 radical (unpaired) electrons. The van der Waals surface area contributed by atoms with Crippen molar-refractivity contribution in [2.75, 3.05) is 30.9 Å². The second-order valence-corrected chi connectivity index (χ2v) is 5.14. The van der Waals surface area contributed by atoms with Gasteiger partial charge in [0.2, 0.25) is 5.95 Å². The molecule has 0 aliphatic rings. The number of carbonyl (C=O) groups is 1. The van der Waals surface area contributed by atoms with Gasteiger partial charge in [0.25, 0.3) is 5.91 Å². The molecule has 0 fully saturated rings. The number of methoxy groups -OCH3 is 1. The van der Waals surface area contributed by atoms with Gasteiger partial charge in [-0.15, -0.1) is 0 Å². The maximum atomic E-state index is 12.3. The first-order valence-electron chi connectivity index (χ1n) is 7.61. The summed E-state index contributed by atoms with van der Waals surface area (Å²) in [5.41, 5.74) is 3.03. The molecule has 23 heavy (non-hydrogen) atoms. The number of rotatable bonds is 7. The molecule has 6 heteroatoms. The average molecular weight is 314 g/mol. The van der Waals surface area contributed by atoms with Crippen LogP contribution < -0.4 is 10.6 Å². The molecule has 6 nitrogen and oxygen atoms in total. The van der Waals surface area contributed by atoms with Crippen LogP contribution in [0.15, 0.2) is 30.3 Å². The second-order valence-electron chi connectivity index (χ2n) is 5.14. The van der Waals surface area contributed by atoms with Crippen molar-refractivity contribution in [3.8, 4) is 0 Å². The Morgan fingerprint density at radius 1 is 1.22 bits per heavy atom. The lowest BCUT2D eigenvalue weighted by molar-refractivity contribution is 0.102. The molecule has 0 spiro atoms. The van der Waals surface area contributed by atoms with Gasteiger partial charge < -0.3 is 15.4 Å². The fraction of sp³-hybridized carbons (Fsp3) is 0.353. The monoisotopic (exact) mass is 314 g/mol. The zero-order valence-corrected chi connectivity index (χ0v) is 13.7. The van der Waals surface area contributed by atoms with Gasteiger partial charge in [-0.3, -0.25) is 4.79 Å². The number of anilines is 2. The topological polar surface area (TPSA) is 76.1 Å². The predicted molar refractivity (Wildman–Crippen MR) is 90.9 cm³/mol. The van der Waals surface area contributed by atoms with Crippen molar-refractivity contribution in [3.05, 3.63) is 47.3 Å². The predicted octanol–water partition coefficient (Wildman–Crippen LogP) is 2.66. The second kappa shape index (κ2) is 8.24. The molecule has 0 aliphatic heterocycles. The summed E-state index contributed by atoms with van der Waals surface area (Å²) in [6.07, 6.45) is 0.968. The molecule has 1 aromatic heterocycles. The molecule has 0 aliphatic carbocycles. The zero-order chi connectivity index (χ0) is 16.7. The molecule has 2 N–H and O–H groups in total. The Morgan fingerprint density at radius 2 is 1.96 bits per heavy atom. The van der Waals surface area contributed by atoms with E-state index in [0.717, 1.165) is 17.8 Å². The van der Waals surface area contributed by atoms with Crippen LogP contribution in [0.5, 0.6) is 0 Å². The van der Waals surface area contributed by atoms with Gasteiger partial charge in [-0.25, -0.2) is 9.97 Å². The van der Waals surface area contributed by atoms with Crippen molar-refractivity contribution in [2.24, 2.45) is 0 Å². The summed E-state index contributed by atoms with van der Waals surface area (Å²) in [5, 5.41) is 5.88. The summed E-state index contributed by atoms with van der Waals surface area (Å²) in [6, 6.07) is 9.44. The number of amides is 1. The molecule has 1 aromatic carbocycles.